The second kappa shape index (κ2) is 7.80. The lowest BCUT2D eigenvalue weighted by Gasteiger charge is -2.35. The first-order chi connectivity index (χ1) is 9.69. The maximum atomic E-state index is 3.69. The number of rotatable bonds is 6. The summed E-state index contributed by atoms with van der Waals surface area (Å²) in [5.41, 5.74) is 2.79. The molecule has 1 aromatic carbocycles. The van der Waals surface area contributed by atoms with E-state index in [2.05, 4.69) is 55.4 Å². The lowest BCUT2D eigenvalue weighted by Crippen LogP contribution is -2.43. The summed E-state index contributed by atoms with van der Waals surface area (Å²) in [5, 5.41) is 3.69. The van der Waals surface area contributed by atoms with Gasteiger partial charge in [-0.25, -0.2) is 0 Å². The largest absolute Gasteiger partial charge is 0.314 e. The molecule has 1 aromatic rings. The van der Waals surface area contributed by atoms with E-state index in [-0.39, 0.29) is 0 Å². The monoisotopic (exact) mass is 274 g/mol. The van der Waals surface area contributed by atoms with Crippen LogP contribution in [0.25, 0.3) is 0 Å². The van der Waals surface area contributed by atoms with Crippen molar-refractivity contribution >= 4 is 0 Å². The van der Waals surface area contributed by atoms with Crippen LogP contribution in [-0.4, -0.2) is 31.1 Å². The molecule has 0 aromatic heterocycles. The Morgan fingerprint density at radius 1 is 1.25 bits per heavy atom. The van der Waals surface area contributed by atoms with E-state index in [4.69, 9.17) is 0 Å². The molecule has 2 heteroatoms. The van der Waals surface area contributed by atoms with Gasteiger partial charge in [-0.1, -0.05) is 49.6 Å². The summed E-state index contributed by atoms with van der Waals surface area (Å²) in [6.07, 6.45) is 5.55. The molecule has 0 aliphatic heterocycles. The van der Waals surface area contributed by atoms with E-state index in [0.29, 0.717) is 0 Å². The number of hydrogen-bond acceptors (Lipinski definition) is 2. The molecular formula is C18H30N2. The first kappa shape index (κ1) is 15.5. The van der Waals surface area contributed by atoms with E-state index in [9.17, 15) is 0 Å². The Morgan fingerprint density at radius 3 is 2.80 bits per heavy atom. The van der Waals surface area contributed by atoms with Gasteiger partial charge in [-0.3, -0.25) is 0 Å². The maximum absolute atomic E-state index is 3.69. The number of nitrogens with one attached hydrogen (secondary N) is 1. The van der Waals surface area contributed by atoms with Crippen LogP contribution < -0.4 is 5.32 Å². The van der Waals surface area contributed by atoms with Gasteiger partial charge in [0.2, 0.25) is 0 Å². The van der Waals surface area contributed by atoms with Gasteiger partial charge in [-0.2, -0.15) is 0 Å². The molecule has 0 radical (unpaired) electrons. The maximum Gasteiger partial charge on any atom is 0.0230 e. The molecule has 2 rings (SSSR count). The minimum absolute atomic E-state index is 0.730. The Bertz CT molecular complexity index is 400. The Morgan fingerprint density at radius 2 is 2.05 bits per heavy atom. The van der Waals surface area contributed by atoms with Gasteiger partial charge < -0.3 is 10.2 Å². The third kappa shape index (κ3) is 4.60. The van der Waals surface area contributed by atoms with Gasteiger partial charge in [-0.15, -0.1) is 0 Å². The smallest absolute Gasteiger partial charge is 0.0230 e. The van der Waals surface area contributed by atoms with Gasteiger partial charge in [0.25, 0.3) is 0 Å². The molecule has 1 N–H and O–H groups in total. The van der Waals surface area contributed by atoms with Crippen molar-refractivity contribution < 1.29 is 0 Å². The van der Waals surface area contributed by atoms with Crippen molar-refractivity contribution in [3.05, 3.63) is 35.4 Å². The summed E-state index contributed by atoms with van der Waals surface area (Å²) < 4.78 is 0. The van der Waals surface area contributed by atoms with Crippen LogP contribution in [0.15, 0.2) is 24.3 Å². The average Bonchev–Trinajstić information content (AvgIpc) is 2.41. The van der Waals surface area contributed by atoms with E-state index >= 15 is 0 Å². The molecule has 2 unspecified atom stereocenters. The molecule has 1 saturated carbocycles. The van der Waals surface area contributed by atoms with Crippen molar-refractivity contribution in [2.75, 3.05) is 20.1 Å². The van der Waals surface area contributed by atoms with Crippen molar-refractivity contribution in [3.8, 4) is 0 Å². The molecule has 1 fully saturated rings. The number of aryl methyl sites for hydroxylation is 1. The van der Waals surface area contributed by atoms with Crippen molar-refractivity contribution in [1.29, 1.82) is 0 Å². The third-order valence-corrected chi connectivity index (χ3v) is 4.46. The molecule has 0 saturated heterocycles. The molecule has 20 heavy (non-hydrogen) atoms. The Labute approximate surface area is 124 Å². The molecule has 1 aliphatic carbocycles. The van der Waals surface area contributed by atoms with Crippen LogP contribution in [0, 0.1) is 12.8 Å². The normalized spacial score (nSPS) is 23.2. The highest BCUT2D eigenvalue weighted by atomic mass is 15.1. The van der Waals surface area contributed by atoms with E-state index in [1.54, 1.807) is 0 Å². The number of hydrogen-bond donors (Lipinski definition) is 1. The molecule has 0 bridgehead atoms. The highest BCUT2D eigenvalue weighted by molar-refractivity contribution is 5.22. The molecule has 112 valence electrons. The van der Waals surface area contributed by atoms with Crippen LogP contribution in [0.3, 0.4) is 0 Å². The molecule has 0 amide bonds. The van der Waals surface area contributed by atoms with Crippen molar-refractivity contribution in [2.24, 2.45) is 5.92 Å². The van der Waals surface area contributed by atoms with Crippen LogP contribution in [0.4, 0.5) is 0 Å². The van der Waals surface area contributed by atoms with Gasteiger partial charge in [0.05, 0.1) is 0 Å². The van der Waals surface area contributed by atoms with Crippen LogP contribution in [-0.2, 0) is 6.54 Å². The number of benzene rings is 1. The van der Waals surface area contributed by atoms with Gasteiger partial charge in [-0.05, 0) is 44.8 Å². The van der Waals surface area contributed by atoms with Crippen LogP contribution >= 0.6 is 0 Å². The molecule has 2 atom stereocenters. The van der Waals surface area contributed by atoms with Crippen LogP contribution in [0.5, 0.6) is 0 Å². The SMILES string of the molecule is CCNC1CCCCC1CN(C)Cc1cccc(C)c1. The van der Waals surface area contributed by atoms with E-state index in [1.807, 2.05) is 0 Å². The quantitative estimate of drug-likeness (QED) is 0.853. The summed E-state index contributed by atoms with van der Waals surface area (Å²) in [5.74, 6) is 0.818. The summed E-state index contributed by atoms with van der Waals surface area (Å²) >= 11 is 0. The molecule has 1 aliphatic rings. The van der Waals surface area contributed by atoms with Gasteiger partial charge in [0, 0.05) is 19.1 Å². The van der Waals surface area contributed by atoms with Crippen molar-refractivity contribution in [2.45, 2.75) is 52.1 Å². The Hall–Kier alpha value is -0.860. The lowest BCUT2D eigenvalue weighted by molar-refractivity contribution is 0.186. The summed E-state index contributed by atoms with van der Waals surface area (Å²) in [4.78, 5) is 2.50. The van der Waals surface area contributed by atoms with Gasteiger partial charge in [0.1, 0.15) is 0 Å². The summed E-state index contributed by atoms with van der Waals surface area (Å²) in [6.45, 7) is 7.78. The predicted octanol–water partition coefficient (Wildman–Crippen LogP) is 3.60. The second-order valence-corrected chi connectivity index (χ2v) is 6.39. The Balaban J connectivity index is 1.87. The first-order valence-corrected chi connectivity index (χ1v) is 8.16. The fourth-order valence-electron chi connectivity index (χ4n) is 3.54. The van der Waals surface area contributed by atoms with Crippen LogP contribution in [0.1, 0.15) is 43.7 Å². The topological polar surface area (TPSA) is 15.3 Å². The molecule has 0 heterocycles. The standard InChI is InChI=1S/C18H30N2/c1-4-19-18-11-6-5-10-17(18)14-20(3)13-16-9-7-8-15(2)12-16/h7-9,12,17-19H,4-6,10-11,13-14H2,1-3H3. The van der Waals surface area contributed by atoms with Crippen molar-refractivity contribution in [3.63, 3.8) is 0 Å². The zero-order chi connectivity index (χ0) is 14.4. The van der Waals surface area contributed by atoms with E-state index in [0.717, 1.165) is 25.0 Å². The summed E-state index contributed by atoms with van der Waals surface area (Å²) in [6, 6.07) is 9.62. The lowest BCUT2D eigenvalue weighted by atomic mass is 9.84. The minimum Gasteiger partial charge on any atom is -0.314 e. The zero-order valence-electron chi connectivity index (χ0n) is 13.4. The van der Waals surface area contributed by atoms with E-state index < -0.39 is 0 Å². The van der Waals surface area contributed by atoms with Crippen molar-refractivity contribution in [1.82, 2.24) is 10.2 Å². The van der Waals surface area contributed by atoms with Gasteiger partial charge in [0.15, 0.2) is 0 Å². The van der Waals surface area contributed by atoms with Gasteiger partial charge >= 0.3 is 0 Å². The van der Waals surface area contributed by atoms with Crippen LogP contribution in [0.2, 0.25) is 0 Å². The fraction of sp³-hybridized carbons (Fsp3) is 0.667. The average molecular weight is 274 g/mol. The highest BCUT2D eigenvalue weighted by Crippen LogP contribution is 2.25. The van der Waals surface area contributed by atoms with E-state index in [1.165, 1.54) is 43.4 Å². The molecular weight excluding hydrogens is 244 g/mol. The Kier molecular flexibility index (Phi) is 6.06. The molecule has 0 spiro atoms. The minimum atomic E-state index is 0.730. The highest BCUT2D eigenvalue weighted by Gasteiger charge is 2.25. The first-order valence-electron chi connectivity index (χ1n) is 8.16. The second-order valence-electron chi connectivity index (χ2n) is 6.39. The predicted molar refractivity (Wildman–Crippen MR) is 86.9 cm³/mol. The third-order valence-electron chi connectivity index (χ3n) is 4.46. The summed E-state index contributed by atoms with van der Waals surface area (Å²) in [7, 11) is 2.26. The fourth-order valence-corrected chi connectivity index (χ4v) is 3.54. The zero-order valence-corrected chi connectivity index (χ0v) is 13.4. The number of nitrogens with zero attached hydrogens (tertiary/aromatic N) is 1. The molecule has 2 nitrogen and oxygen atoms in total.